The first-order chi connectivity index (χ1) is 9.61. The number of nitriles is 1. The zero-order valence-electron chi connectivity index (χ0n) is 10.5. The molecular formula is C15H11ClN2O2. The Labute approximate surface area is 121 Å². The van der Waals surface area contributed by atoms with Gasteiger partial charge >= 0.3 is 0 Å². The summed E-state index contributed by atoms with van der Waals surface area (Å²) in [5, 5.41) is 20.8. The van der Waals surface area contributed by atoms with Crippen LogP contribution in [0.3, 0.4) is 0 Å². The predicted octanol–water partition coefficient (Wildman–Crippen LogP) is 4.10. The molecular weight excluding hydrogens is 276 g/mol. The number of hydrogen-bond acceptors (Lipinski definition) is 3. The molecule has 0 amide bonds. The zero-order chi connectivity index (χ0) is 14.5. The summed E-state index contributed by atoms with van der Waals surface area (Å²) in [6.07, 6.45) is 0.415. The van der Waals surface area contributed by atoms with Gasteiger partial charge in [-0.15, -0.1) is 0 Å². The van der Waals surface area contributed by atoms with Crippen LogP contribution in [0.4, 0.5) is 5.69 Å². The van der Waals surface area contributed by atoms with Gasteiger partial charge in [-0.2, -0.15) is 5.26 Å². The van der Waals surface area contributed by atoms with Crippen LogP contribution in [0.2, 0.25) is 5.02 Å². The molecule has 4 nitrogen and oxygen atoms in total. The molecule has 0 fully saturated rings. The van der Waals surface area contributed by atoms with Crippen molar-refractivity contribution in [2.75, 3.05) is 0 Å². The minimum atomic E-state index is -0.600. The minimum absolute atomic E-state index is 0.0723. The highest BCUT2D eigenvalue weighted by Gasteiger charge is 2.22. The molecule has 0 spiro atoms. The lowest BCUT2D eigenvalue weighted by Crippen LogP contribution is -2.04. The molecule has 2 rings (SSSR count). The quantitative estimate of drug-likeness (QED) is 0.628. The molecule has 100 valence electrons. The Balaban J connectivity index is 2.39. The van der Waals surface area contributed by atoms with Crippen LogP contribution in [0.25, 0.3) is 0 Å². The molecule has 0 aromatic heterocycles. The van der Waals surface area contributed by atoms with Crippen molar-refractivity contribution in [3.8, 4) is 6.07 Å². The Morgan fingerprint density at radius 3 is 2.55 bits per heavy atom. The number of benzene rings is 2. The van der Waals surface area contributed by atoms with Crippen LogP contribution in [-0.2, 0) is 6.42 Å². The summed E-state index contributed by atoms with van der Waals surface area (Å²) < 4.78 is 0. The Bertz CT molecular complexity index is 665. The molecule has 0 N–H and O–H groups in total. The van der Waals surface area contributed by atoms with Crippen LogP contribution in [-0.4, -0.2) is 4.92 Å². The van der Waals surface area contributed by atoms with E-state index in [-0.39, 0.29) is 5.69 Å². The van der Waals surface area contributed by atoms with Gasteiger partial charge in [0.05, 0.1) is 16.9 Å². The van der Waals surface area contributed by atoms with E-state index >= 15 is 0 Å². The maximum Gasteiger partial charge on any atom is 0.274 e. The van der Waals surface area contributed by atoms with Crippen LogP contribution in [0.15, 0.2) is 48.5 Å². The second kappa shape index (κ2) is 6.18. The SMILES string of the molecule is N#CC(Cc1ccccc1)c1cc(Cl)ccc1[N+](=O)[O-]. The lowest BCUT2D eigenvalue weighted by molar-refractivity contribution is -0.385. The molecule has 20 heavy (non-hydrogen) atoms. The second-order valence-electron chi connectivity index (χ2n) is 4.33. The third kappa shape index (κ3) is 3.14. The molecule has 0 saturated carbocycles. The molecule has 1 atom stereocenters. The van der Waals surface area contributed by atoms with E-state index in [0.717, 1.165) is 5.56 Å². The predicted molar refractivity (Wildman–Crippen MR) is 76.6 cm³/mol. The van der Waals surface area contributed by atoms with E-state index in [4.69, 9.17) is 11.6 Å². The maximum atomic E-state index is 11.1. The fraction of sp³-hybridized carbons (Fsp3) is 0.133. The van der Waals surface area contributed by atoms with E-state index in [1.165, 1.54) is 18.2 Å². The van der Waals surface area contributed by atoms with Crippen molar-refractivity contribution in [1.82, 2.24) is 0 Å². The highest BCUT2D eigenvalue weighted by molar-refractivity contribution is 6.30. The molecule has 2 aromatic carbocycles. The van der Waals surface area contributed by atoms with Crippen molar-refractivity contribution < 1.29 is 4.92 Å². The van der Waals surface area contributed by atoms with Gasteiger partial charge in [0.1, 0.15) is 0 Å². The largest absolute Gasteiger partial charge is 0.274 e. The van der Waals surface area contributed by atoms with Crippen LogP contribution in [0, 0.1) is 21.4 Å². The number of nitrogens with zero attached hydrogens (tertiary/aromatic N) is 2. The lowest BCUT2D eigenvalue weighted by Gasteiger charge is -2.10. The third-order valence-electron chi connectivity index (χ3n) is 3.00. The van der Waals surface area contributed by atoms with E-state index in [2.05, 4.69) is 6.07 Å². The molecule has 0 heterocycles. The fourth-order valence-corrected chi connectivity index (χ4v) is 2.23. The van der Waals surface area contributed by atoms with E-state index in [0.29, 0.717) is 17.0 Å². The molecule has 0 bridgehead atoms. The Hall–Kier alpha value is -2.38. The van der Waals surface area contributed by atoms with Gasteiger partial charge in [-0.3, -0.25) is 10.1 Å². The van der Waals surface area contributed by atoms with Gasteiger partial charge in [0.25, 0.3) is 5.69 Å². The highest BCUT2D eigenvalue weighted by Crippen LogP contribution is 2.31. The van der Waals surface area contributed by atoms with Crippen molar-refractivity contribution in [3.05, 3.63) is 74.8 Å². The summed E-state index contributed by atoms with van der Waals surface area (Å²) in [5.74, 6) is -0.600. The van der Waals surface area contributed by atoms with Crippen LogP contribution in [0.5, 0.6) is 0 Å². The summed E-state index contributed by atoms with van der Waals surface area (Å²) in [6, 6.07) is 15.8. The topological polar surface area (TPSA) is 66.9 Å². The Morgan fingerprint density at radius 1 is 1.25 bits per heavy atom. The van der Waals surface area contributed by atoms with E-state index < -0.39 is 10.8 Å². The molecule has 0 saturated heterocycles. The first kappa shape index (κ1) is 14.0. The van der Waals surface area contributed by atoms with Crippen LogP contribution in [0.1, 0.15) is 17.0 Å². The normalized spacial score (nSPS) is 11.6. The number of nitro groups is 1. The Morgan fingerprint density at radius 2 is 1.95 bits per heavy atom. The first-order valence-electron chi connectivity index (χ1n) is 5.99. The minimum Gasteiger partial charge on any atom is -0.258 e. The van der Waals surface area contributed by atoms with Gasteiger partial charge < -0.3 is 0 Å². The number of rotatable bonds is 4. The van der Waals surface area contributed by atoms with Gasteiger partial charge in [-0.25, -0.2) is 0 Å². The number of halogens is 1. The lowest BCUT2D eigenvalue weighted by atomic mass is 9.92. The molecule has 2 aromatic rings. The smallest absolute Gasteiger partial charge is 0.258 e. The maximum absolute atomic E-state index is 11.1. The molecule has 0 aliphatic heterocycles. The molecule has 0 aliphatic rings. The fourth-order valence-electron chi connectivity index (χ4n) is 2.05. The average molecular weight is 287 g/mol. The van der Waals surface area contributed by atoms with E-state index in [1.807, 2.05) is 30.3 Å². The van der Waals surface area contributed by atoms with Gasteiger partial charge in [-0.05, 0) is 24.1 Å². The average Bonchev–Trinajstić information content (AvgIpc) is 2.45. The molecule has 1 unspecified atom stereocenters. The van der Waals surface area contributed by atoms with Crippen molar-refractivity contribution in [1.29, 1.82) is 5.26 Å². The molecule has 5 heteroatoms. The van der Waals surface area contributed by atoms with Gasteiger partial charge in [0, 0.05) is 16.7 Å². The zero-order valence-corrected chi connectivity index (χ0v) is 11.2. The summed E-state index contributed by atoms with van der Waals surface area (Å²) >= 11 is 5.89. The number of nitro benzene ring substituents is 1. The van der Waals surface area contributed by atoms with Crippen LogP contribution < -0.4 is 0 Å². The van der Waals surface area contributed by atoms with Gasteiger partial charge in [-0.1, -0.05) is 41.9 Å². The van der Waals surface area contributed by atoms with Crippen LogP contribution >= 0.6 is 11.6 Å². The second-order valence-corrected chi connectivity index (χ2v) is 4.77. The summed E-state index contributed by atoms with van der Waals surface area (Å²) in [7, 11) is 0. The monoisotopic (exact) mass is 286 g/mol. The first-order valence-corrected chi connectivity index (χ1v) is 6.37. The van der Waals surface area contributed by atoms with Gasteiger partial charge in [0.15, 0.2) is 0 Å². The molecule has 0 aliphatic carbocycles. The van der Waals surface area contributed by atoms with Crippen molar-refractivity contribution in [3.63, 3.8) is 0 Å². The standard InChI is InChI=1S/C15H11ClN2O2/c16-13-6-7-15(18(19)20)14(9-13)12(10-17)8-11-4-2-1-3-5-11/h1-7,9,12H,8H2. The van der Waals surface area contributed by atoms with Gasteiger partial charge in [0.2, 0.25) is 0 Å². The summed E-state index contributed by atoms with van der Waals surface area (Å²) in [6.45, 7) is 0. The van der Waals surface area contributed by atoms with E-state index in [9.17, 15) is 15.4 Å². The number of hydrogen-bond donors (Lipinski definition) is 0. The Kier molecular flexibility index (Phi) is 4.34. The van der Waals surface area contributed by atoms with Crippen molar-refractivity contribution >= 4 is 17.3 Å². The van der Waals surface area contributed by atoms with Crippen molar-refractivity contribution in [2.45, 2.75) is 12.3 Å². The molecule has 0 radical (unpaired) electrons. The third-order valence-corrected chi connectivity index (χ3v) is 3.24. The summed E-state index contributed by atoms with van der Waals surface area (Å²) in [4.78, 5) is 10.6. The highest BCUT2D eigenvalue weighted by atomic mass is 35.5. The van der Waals surface area contributed by atoms with Crippen molar-refractivity contribution in [2.24, 2.45) is 0 Å². The van der Waals surface area contributed by atoms with E-state index in [1.54, 1.807) is 0 Å². The summed E-state index contributed by atoms with van der Waals surface area (Å²) in [5.41, 5.74) is 1.24.